The van der Waals surface area contributed by atoms with Crippen molar-refractivity contribution >= 4 is 23.3 Å². The molecule has 2 amide bonds. The Balaban J connectivity index is 1.09. The van der Waals surface area contributed by atoms with E-state index in [1.54, 1.807) is 12.0 Å². The molecular formula is C25H36N6O3. The molecule has 0 unspecified atom stereocenters. The van der Waals surface area contributed by atoms with Gasteiger partial charge >= 0.3 is 0 Å². The zero-order valence-corrected chi connectivity index (χ0v) is 20.3. The molecule has 184 valence electrons. The maximum Gasteiger partial charge on any atom is 0.229 e. The summed E-state index contributed by atoms with van der Waals surface area (Å²) in [6.45, 7) is 8.86. The molecule has 1 fully saturated rings. The number of carbonyl (C=O) groups excluding carboxylic acids is 2. The second-order valence-corrected chi connectivity index (χ2v) is 9.00. The molecule has 2 aliphatic heterocycles. The fourth-order valence-corrected chi connectivity index (χ4v) is 4.66. The van der Waals surface area contributed by atoms with Crippen LogP contribution in [0.2, 0.25) is 0 Å². The van der Waals surface area contributed by atoms with E-state index in [1.165, 1.54) is 5.69 Å². The number of aromatic nitrogens is 2. The second kappa shape index (κ2) is 11.4. The SMILES string of the molecule is COc1ccc(N2CCN(CCCNC(=O)CCCN3C(=O)CCn4nc(C)cc43)CC2)cc1. The first kappa shape index (κ1) is 24.1. The van der Waals surface area contributed by atoms with Crippen molar-refractivity contribution in [2.45, 2.75) is 39.2 Å². The van der Waals surface area contributed by atoms with Crippen molar-refractivity contribution in [3.8, 4) is 5.75 Å². The third-order valence-corrected chi connectivity index (χ3v) is 6.56. The summed E-state index contributed by atoms with van der Waals surface area (Å²) in [5.41, 5.74) is 2.15. The van der Waals surface area contributed by atoms with Gasteiger partial charge in [-0.25, -0.2) is 4.68 Å². The molecule has 0 radical (unpaired) electrons. The number of nitrogens with zero attached hydrogens (tertiary/aromatic N) is 5. The average molecular weight is 469 g/mol. The number of methoxy groups -OCH3 is 1. The van der Waals surface area contributed by atoms with Crippen molar-refractivity contribution in [1.82, 2.24) is 20.0 Å². The van der Waals surface area contributed by atoms with Crippen LogP contribution in [0.25, 0.3) is 0 Å². The molecule has 1 N–H and O–H groups in total. The van der Waals surface area contributed by atoms with Gasteiger partial charge in [-0.05, 0) is 50.6 Å². The molecule has 0 spiro atoms. The number of hydrogen-bond acceptors (Lipinski definition) is 6. The van der Waals surface area contributed by atoms with Gasteiger partial charge in [0.25, 0.3) is 0 Å². The van der Waals surface area contributed by atoms with Crippen LogP contribution < -0.4 is 19.9 Å². The van der Waals surface area contributed by atoms with E-state index in [0.29, 0.717) is 38.9 Å². The van der Waals surface area contributed by atoms with Crippen LogP contribution in [0.3, 0.4) is 0 Å². The summed E-state index contributed by atoms with van der Waals surface area (Å²) in [5.74, 6) is 1.89. The molecule has 34 heavy (non-hydrogen) atoms. The number of piperazine rings is 1. The van der Waals surface area contributed by atoms with Crippen LogP contribution in [0.1, 0.15) is 31.4 Å². The molecule has 1 aromatic carbocycles. The van der Waals surface area contributed by atoms with E-state index in [-0.39, 0.29) is 11.8 Å². The minimum Gasteiger partial charge on any atom is -0.497 e. The summed E-state index contributed by atoms with van der Waals surface area (Å²) in [7, 11) is 1.69. The Kier molecular flexibility index (Phi) is 8.05. The molecule has 0 atom stereocenters. The Morgan fingerprint density at radius 2 is 1.82 bits per heavy atom. The molecular weight excluding hydrogens is 432 g/mol. The number of nitrogens with one attached hydrogen (secondary N) is 1. The zero-order valence-electron chi connectivity index (χ0n) is 20.3. The van der Waals surface area contributed by atoms with Gasteiger partial charge in [0.15, 0.2) is 0 Å². The predicted molar refractivity (Wildman–Crippen MR) is 132 cm³/mol. The number of carbonyl (C=O) groups is 2. The van der Waals surface area contributed by atoms with Gasteiger partial charge in [-0.2, -0.15) is 5.10 Å². The highest BCUT2D eigenvalue weighted by molar-refractivity contribution is 5.93. The molecule has 1 aromatic heterocycles. The number of fused-ring (bicyclic) bond motifs is 1. The molecule has 3 heterocycles. The standard InChI is InChI=1S/C25H36N6O3/c1-20-19-24-30(25(33)10-14-31(24)27-20)13-3-5-23(32)26-11-4-12-28-15-17-29(18-16-28)21-6-8-22(34-2)9-7-21/h6-9,19H,3-5,10-18H2,1-2H3,(H,26,32). The summed E-state index contributed by atoms with van der Waals surface area (Å²) in [6.07, 6.45) is 2.48. The number of benzene rings is 1. The number of ether oxygens (including phenoxy) is 1. The predicted octanol–water partition coefficient (Wildman–Crippen LogP) is 2.05. The number of aryl methyl sites for hydroxylation is 2. The maximum atomic E-state index is 12.3. The Morgan fingerprint density at radius 1 is 1.06 bits per heavy atom. The molecule has 9 heteroatoms. The van der Waals surface area contributed by atoms with Crippen molar-refractivity contribution in [3.63, 3.8) is 0 Å². The summed E-state index contributed by atoms with van der Waals surface area (Å²) in [4.78, 5) is 31.2. The van der Waals surface area contributed by atoms with Crippen LogP contribution in [0.15, 0.2) is 30.3 Å². The Morgan fingerprint density at radius 3 is 2.56 bits per heavy atom. The quantitative estimate of drug-likeness (QED) is 0.538. The van der Waals surface area contributed by atoms with Gasteiger partial charge in [0, 0.05) is 63.9 Å². The van der Waals surface area contributed by atoms with Crippen LogP contribution in [0, 0.1) is 6.92 Å². The van der Waals surface area contributed by atoms with E-state index in [2.05, 4.69) is 32.3 Å². The Labute approximate surface area is 201 Å². The molecule has 1 saturated heterocycles. The number of rotatable bonds is 10. The largest absolute Gasteiger partial charge is 0.497 e. The summed E-state index contributed by atoms with van der Waals surface area (Å²) in [6, 6.07) is 10.2. The first-order chi connectivity index (χ1) is 16.5. The van der Waals surface area contributed by atoms with Crippen LogP contribution in [0.4, 0.5) is 11.5 Å². The van der Waals surface area contributed by atoms with Gasteiger partial charge in [0.05, 0.1) is 19.3 Å². The summed E-state index contributed by atoms with van der Waals surface area (Å²) in [5, 5.41) is 7.46. The fraction of sp³-hybridized carbons (Fsp3) is 0.560. The summed E-state index contributed by atoms with van der Waals surface area (Å²) >= 11 is 0. The zero-order chi connectivity index (χ0) is 23.9. The lowest BCUT2D eigenvalue weighted by molar-refractivity contribution is -0.122. The molecule has 2 aliphatic rings. The fourth-order valence-electron chi connectivity index (χ4n) is 4.66. The third-order valence-electron chi connectivity index (χ3n) is 6.56. The van der Waals surface area contributed by atoms with Crippen molar-refractivity contribution in [2.75, 3.05) is 62.7 Å². The van der Waals surface area contributed by atoms with Gasteiger partial charge in [-0.3, -0.25) is 19.4 Å². The van der Waals surface area contributed by atoms with E-state index in [4.69, 9.17) is 4.74 Å². The second-order valence-electron chi connectivity index (χ2n) is 9.00. The van der Waals surface area contributed by atoms with Crippen molar-refractivity contribution in [1.29, 1.82) is 0 Å². The van der Waals surface area contributed by atoms with Crippen LogP contribution in [-0.2, 0) is 16.1 Å². The monoisotopic (exact) mass is 468 g/mol. The van der Waals surface area contributed by atoms with Gasteiger partial charge < -0.3 is 15.0 Å². The number of amides is 2. The Hall–Kier alpha value is -3.07. The average Bonchev–Trinajstić information content (AvgIpc) is 3.24. The highest BCUT2D eigenvalue weighted by Crippen LogP contribution is 2.23. The van der Waals surface area contributed by atoms with Crippen molar-refractivity contribution < 1.29 is 14.3 Å². The third kappa shape index (κ3) is 6.08. The van der Waals surface area contributed by atoms with Gasteiger partial charge in [0.1, 0.15) is 11.6 Å². The topological polar surface area (TPSA) is 82.9 Å². The maximum absolute atomic E-state index is 12.3. The van der Waals surface area contributed by atoms with Crippen molar-refractivity contribution in [3.05, 3.63) is 36.0 Å². The Bertz CT molecular complexity index is 966. The van der Waals surface area contributed by atoms with Gasteiger partial charge in [0.2, 0.25) is 11.8 Å². The van der Waals surface area contributed by atoms with E-state index >= 15 is 0 Å². The molecule has 2 aromatic rings. The lowest BCUT2D eigenvalue weighted by Crippen LogP contribution is -2.47. The highest BCUT2D eigenvalue weighted by Gasteiger charge is 2.25. The van der Waals surface area contributed by atoms with Gasteiger partial charge in [-0.15, -0.1) is 0 Å². The lowest BCUT2D eigenvalue weighted by atomic mass is 10.2. The normalized spacial score (nSPS) is 16.5. The van der Waals surface area contributed by atoms with Crippen LogP contribution in [0.5, 0.6) is 5.75 Å². The van der Waals surface area contributed by atoms with Gasteiger partial charge in [-0.1, -0.05) is 0 Å². The summed E-state index contributed by atoms with van der Waals surface area (Å²) < 4.78 is 7.12. The van der Waals surface area contributed by atoms with E-state index in [1.807, 2.05) is 29.8 Å². The van der Waals surface area contributed by atoms with E-state index in [0.717, 1.165) is 56.4 Å². The molecule has 0 bridgehead atoms. The minimum atomic E-state index is 0.0541. The molecule has 0 saturated carbocycles. The molecule has 0 aliphatic carbocycles. The molecule has 4 rings (SSSR count). The first-order valence-electron chi connectivity index (χ1n) is 12.3. The van der Waals surface area contributed by atoms with E-state index < -0.39 is 0 Å². The van der Waals surface area contributed by atoms with Crippen molar-refractivity contribution in [2.24, 2.45) is 0 Å². The highest BCUT2D eigenvalue weighted by atomic mass is 16.5. The number of anilines is 2. The lowest BCUT2D eigenvalue weighted by Gasteiger charge is -2.36. The van der Waals surface area contributed by atoms with Crippen LogP contribution in [-0.4, -0.2) is 79.4 Å². The smallest absolute Gasteiger partial charge is 0.229 e. The van der Waals surface area contributed by atoms with Crippen LogP contribution >= 0.6 is 0 Å². The first-order valence-corrected chi connectivity index (χ1v) is 12.3. The molecule has 9 nitrogen and oxygen atoms in total. The number of hydrogen-bond donors (Lipinski definition) is 1. The minimum absolute atomic E-state index is 0.0541. The van der Waals surface area contributed by atoms with E-state index in [9.17, 15) is 9.59 Å².